The lowest BCUT2D eigenvalue weighted by Gasteiger charge is -2.34. The Hall–Kier alpha value is -2.21. The van der Waals surface area contributed by atoms with Gasteiger partial charge in [0.25, 0.3) is 5.91 Å². The summed E-state index contributed by atoms with van der Waals surface area (Å²) in [6.07, 6.45) is 2.96. The van der Waals surface area contributed by atoms with E-state index in [-0.39, 0.29) is 18.9 Å². The number of carbonyl (C=O) groups excluding carboxylic acids is 1. The molecular weight excluding hydrogens is 360 g/mol. The van der Waals surface area contributed by atoms with E-state index in [2.05, 4.69) is 31.4 Å². The predicted octanol–water partition coefficient (Wildman–Crippen LogP) is 4.48. The van der Waals surface area contributed by atoms with Crippen LogP contribution in [0.25, 0.3) is 0 Å². The average molecular weight is 385 g/mol. The molecule has 2 N–H and O–H groups in total. The summed E-state index contributed by atoms with van der Waals surface area (Å²) >= 11 is 1.76. The molecule has 3 heterocycles. The van der Waals surface area contributed by atoms with Gasteiger partial charge in [-0.25, -0.2) is 0 Å². The monoisotopic (exact) mass is 384 g/mol. The second-order valence-electron chi connectivity index (χ2n) is 8.68. The van der Waals surface area contributed by atoms with Crippen LogP contribution in [0.1, 0.15) is 59.7 Å². The Morgan fingerprint density at radius 3 is 2.78 bits per heavy atom. The first kappa shape index (κ1) is 16.9. The van der Waals surface area contributed by atoms with Gasteiger partial charge < -0.3 is 20.1 Å². The number of hydrogen-bond donors (Lipinski definition) is 2. The van der Waals surface area contributed by atoms with Gasteiger partial charge in [0.05, 0.1) is 5.56 Å². The third-order valence-corrected chi connectivity index (χ3v) is 7.18. The van der Waals surface area contributed by atoms with Crippen molar-refractivity contribution in [3.63, 3.8) is 0 Å². The molecule has 0 spiro atoms. The van der Waals surface area contributed by atoms with Crippen molar-refractivity contribution in [2.24, 2.45) is 11.3 Å². The normalized spacial score (nSPS) is 23.3. The first-order valence-electron chi connectivity index (χ1n) is 9.51. The van der Waals surface area contributed by atoms with E-state index in [9.17, 15) is 4.79 Å². The molecule has 0 radical (unpaired) electrons. The van der Waals surface area contributed by atoms with Gasteiger partial charge in [0.15, 0.2) is 11.5 Å². The number of benzene rings is 1. The molecule has 1 aromatic carbocycles. The number of ether oxygens (including phenoxy) is 2. The number of fused-ring (bicyclic) bond motifs is 4. The Balaban J connectivity index is 1.45. The van der Waals surface area contributed by atoms with Gasteiger partial charge in [-0.15, -0.1) is 11.3 Å². The molecule has 5 rings (SSSR count). The number of hydrogen-bond acceptors (Lipinski definition) is 5. The first-order chi connectivity index (χ1) is 12.9. The van der Waals surface area contributed by atoms with Crippen molar-refractivity contribution in [1.82, 2.24) is 5.32 Å². The minimum Gasteiger partial charge on any atom is -0.454 e. The number of nitrogens with one attached hydrogen (secondary N) is 2. The number of anilines is 1. The summed E-state index contributed by atoms with van der Waals surface area (Å²) in [5, 5.41) is 7.65. The second kappa shape index (κ2) is 5.89. The van der Waals surface area contributed by atoms with Gasteiger partial charge in [-0.1, -0.05) is 26.8 Å². The highest BCUT2D eigenvalue weighted by atomic mass is 32.1. The maximum absolute atomic E-state index is 12.9. The van der Waals surface area contributed by atoms with E-state index in [1.807, 2.05) is 18.2 Å². The molecule has 2 unspecified atom stereocenters. The zero-order valence-electron chi connectivity index (χ0n) is 15.8. The number of rotatable bonds is 1. The summed E-state index contributed by atoms with van der Waals surface area (Å²) in [7, 11) is 0. The summed E-state index contributed by atoms with van der Waals surface area (Å²) in [6.45, 7) is 7.20. The fraction of sp³-hybridized carbons (Fsp3) is 0.476. The molecule has 0 fully saturated rings. The highest BCUT2D eigenvalue weighted by Crippen LogP contribution is 2.46. The third kappa shape index (κ3) is 2.78. The van der Waals surface area contributed by atoms with Crippen LogP contribution < -0.4 is 20.1 Å². The Labute approximate surface area is 163 Å². The lowest BCUT2D eigenvalue weighted by Crippen LogP contribution is -2.38. The summed E-state index contributed by atoms with van der Waals surface area (Å²) < 4.78 is 10.9. The topological polar surface area (TPSA) is 59.6 Å². The molecular formula is C21H24N2O3S. The van der Waals surface area contributed by atoms with Gasteiger partial charge in [0.1, 0.15) is 11.2 Å². The molecule has 27 heavy (non-hydrogen) atoms. The van der Waals surface area contributed by atoms with E-state index in [1.54, 1.807) is 11.3 Å². The van der Waals surface area contributed by atoms with Crippen molar-refractivity contribution in [3.8, 4) is 11.5 Å². The van der Waals surface area contributed by atoms with Gasteiger partial charge >= 0.3 is 0 Å². The van der Waals surface area contributed by atoms with Crippen molar-refractivity contribution < 1.29 is 14.3 Å². The van der Waals surface area contributed by atoms with E-state index in [1.165, 1.54) is 10.4 Å². The first-order valence-corrected chi connectivity index (χ1v) is 10.3. The zero-order valence-corrected chi connectivity index (χ0v) is 16.7. The van der Waals surface area contributed by atoms with Crippen LogP contribution in [-0.2, 0) is 12.8 Å². The van der Waals surface area contributed by atoms with Crippen LogP contribution in [0.3, 0.4) is 0 Å². The lowest BCUT2D eigenvalue weighted by atomic mass is 9.72. The zero-order chi connectivity index (χ0) is 18.8. The molecule has 1 aromatic heterocycles. The molecule has 0 bridgehead atoms. The maximum Gasteiger partial charge on any atom is 0.256 e. The van der Waals surface area contributed by atoms with Crippen LogP contribution in [0, 0.1) is 11.3 Å². The average Bonchev–Trinajstić information content (AvgIpc) is 3.23. The minimum absolute atomic E-state index is 0.0260. The van der Waals surface area contributed by atoms with Crippen molar-refractivity contribution >= 4 is 22.2 Å². The Morgan fingerprint density at radius 2 is 1.96 bits per heavy atom. The quantitative estimate of drug-likeness (QED) is 0.761. The second-order valence-corrected chi connectivity index (χ2v) is 9.78. The molecule has 1 aliphatic carbocycles. The Bertz CT molecular complexity index is 928. The molecule has 2 aromatic rings. The van der Waals surface area contributed by atoms with Crippen LogP contribution in [0.4, 0.5) is 5.00 Å². The third-order valence-electron chi connectivity index (χ3n) is 6.00. The van der Waals surface area contributed by atoms with Crippen LogP contribution in [0.15, 0.2) is 18.2 Å². The van der Waals surface area contributed by atoms with Gasteiger partial charge in [0.2, 0.25) is 6.79 Å². The van der Waals surface area contributed by atoms with Crippen LogP contribution >= 0.6 is 11.3 Å². The SMILES string of the molecule is CC(C)(C)C1CCc2c(sc3c2C(=O)NC(c2ccc4c(c2)OCO4)N3)C1. The Morgan fingerprint density at radius 1 is 1.15 bits per heavy atom. The van der Waals surface area contributed by atoms with Crippen LogP contribution in [-0.4, -0.2) is 12.7 Å². The van der Waals surface area contributed by atoms with E-state index in [0.29, 0.717) is 11.3 Å². The summed E-state index contributed by atoms with van der Waals surface area (Å²) in [5.74, 6) is 2.17. The summed E-state index contributed by atoms with van der Waals surface area (Å²) in [6, 6.07) is 5.81. The minimum atomic E-state index is -0.252. The Kier molecular flexibility index (Phi) is 3.69. The fourth-order valence-corrected chi connectivity index (χ4v) is 5.65. The molecule has 0 saturated heterocycles. The van der Waals surface area contributed by atoms with Gasteiger partial charge in [-0.2, -0.15) is 0 Å². The van der Waals surface area contributed by atoms with E-state index < -0.39 is 0 Å². The highest BCUT2D eigenvalue weighted by molar-refractivity contribution is 7.16. The molecule has 142 valence electrons. The molecule has 1 amide bonds. The largest absolute Gasteiger partial charge is 0.454 e. The van der Waals surface area contributed by atoms with E-state index >= 15 is 0 Å². The summed E-state index contributed by atoms with van der Waals surface area (Å²) in [5.41, 5.74) is 3.38. The van der Waals surface area contributed by atoms with Crippen LogP contribution in [0.5, 0.6) is 11.5 Å². The molecule has 5 nitrogen and oxygen atoms in total. The van der Waals surface area contributed by atoms with Gasteiger partial charge in [0, 0.05) is 4.88 Å². The number of amides is 1. The molecule has 0 saturated carbocycles. The smallest absolute Gasteiger partial charge is 0.256 e. The van der Waals surface area contributed by atoms with Crippen LogP contribution in [0.2, 0.25) is 0 Å². The standard InChI is InChI=1S/C21H24N2O3S/c1-21(2,3)12-5-6-13-16(9-12)27-20-17(13)19(24)22-18(23-20)11-4-7-14-15(8-11)26-10-25-14/h4,7-8,12,18,23H,5-6,9-10H2,1-3H3,(H,22,24). The van der Waals surface area contributed by atoms with E-state index in [0.717, 1.165) is 46.9 Å². The van der Waals surface area contributed by atoms with Crippen molar-refractivity contribution in [2.45, 2.75) is 46.2 Å². The number of thiophene rings is 1. The lowest BCUT2D eigenvalue weighted by molar-refractivity contribution is 0.0934. The summed E-state index contributed by atoms with van der Waals surface area (Å²) in [4.78, 5) is 14.3. The predicted molar refractivity (Wildman–Crippen MR) is 106 cm³/mol. The molecule has 2 aliphatic heterocycles. The van der Waals surface area contributed by atoms with Crippen molar-refractivity contribution in [3.05, 3.63) is 39.8 Å². The maximum atomic E-state index is 12.9. The van der Waals surface area contributed by atoms with Crippen molar-refractivity contribution in [2.75, 3.05) is 12.1 Å². The van der Waals surface area contributed by atoms with Crippen molar-refractivity contribution in [1.29, 1.82) is 0 Å². The highest BCUT2D eigenvalue weighted by Gasteiger charge is 2.36. The number of carbonyl (C=O) groups is 1. The molecule has 3 aliphatic rings. The molecule has 6 heteroatoms. The van der Waals surface area contributed by atoms with Gasteiger partial charge in [-0.05, 0) is 53.9 Å². The van der Waals surface area contributed by atoms with E-state index in [4.69, 9.17) is 9.47 Å². The molecule has 2 atom stereocenters. The fourth-order valence-electron chi connectivity index (χ4n) is 4.30. The van der Waals surface area contributed by atoms with Gasteiger partial charge in [-0.3, -0.25) is 4.79 Å².